The first-order chi connectivity index (χ1) is 23.7. The zero-order valence-electron chi connectivity index (χ0n) is 25.8. The summed E-state index contributed by atoms with van der Waals surface area (Å²) in [5, 5.41) is 23.6. The zero-order valence-corrected chi connectivity index (χ0v) is 25.8. The highest BCUT2D eigenvalue weighted by Gasteiger charge is 2.20. The van der Waals surface area contributed by atoms with Gasteiger partial charge in [0.2, 0.25) is 0 Å². The highest BCUT2D eigenvalue weighted by Crippen LogP contribution is 2.44. The number of nitriles is 2. The Hall–Kier alpha value is -6.88. The average Bonchev–Trinajstić information content (AvgIpc) is 3.67. The van der Waals surface area contributed by atoms with Crippen LogP contribution in [0.3, 0.4) is 0 Å². The van der Waals surface area contributed by atoms with E-state index < -0.39 is 0 Å². The molecule has 222 valence electrons. The third kappa shape index (κ3) is 4.07. The normalized spacial score (nSPS) is 11.3. The van der Waals surface area contributed by atoms with Crippen molar-refractivity contribution in [2.75, 3.05) is 0 Å². The van der Waals surface area contributed by atoms with Crippen LogP contribution in [0.25, 0.3) is 77.2 Å². The molecule has 0 unspecified atom stereocenters. The van der Waals surface area contributed by atoms with Gasteiger partial charge in [-0.25, -0.2) is 0 Å². The van der Waals surface area contributed by atoms with Crippen molar-refractivity contribution in [3.8, 4) is 45.8 Å². The highest BCUT2D eigenvalue weighted by atomic mass is 15.0. The van der Waals surface area contributed by atoms with Gasteiger partial charge in [0.15, 0.2) is 0 Å². The second kappa shape index (κ2) is 10.9. The molecule has 0 radical (unpaired) electrons. The summed E-state index contributed by atoms with van der Waals surface area (Å²) in [7, 11) is 0. The molecule has 0 amide bonds. The van der Waals surface area contributed by atoms with Crippen LogP contribution < -0.4 is 0 Å². The van der Waals surface area contributed by atoms with Gasteiger partial charge >= 0.3 is 0 Å². The molecular weight excluding hydrogens is 585 g/mol. The molecule has 0 aliphatic carbocycles. The largest absolute Gasteiger partial charge is 0.309 e. The number of benzene rings is 7. The van der Waals surface area contributed by atoms with Crippen molar-refractivity contribution in [3.05, 3.63) is 169 Å². The predicted molar refractivity (Wildman–Crippen MR) is 195 cm³/mol. The van der Waals surface area contributed by atoms with E-state index in [1.807, 2.05) is 36.4 Å². The molecule has 0 aliphatic rings. The molecule has 0 spiro atoms. The number of aromatic nitrogens is 2. The molecule has 9 aromatic rings. The van der Waals surface area contributed by atoms with E-state index in [0.29, 0.717) is 11.1 Å². The Balaban J connectivity index is 1.32. The molecule has 7 aromatic carbocycles. The maximum absolute atomic E-state index is 9.68. The molecule has 4 nitrogen and oxygen atoms in total. The number of para-hydroxylation sites is 3. The molecule has 0 N–H and O–H groups in total. The van der Waals surface area contributed by atoms with Gasteiger partial charge in [0.05, 0.1) is 51.0 Å². The number of rotatable bonds is 4. The van der Waals surface area contributed by atoms with Gasteiger partial charge in [0, 0.05) is 32.8 Å². The van der Waals surface area contributed by atoms with Crippen LogP contribution in [0, 0.1) is 22.7 Å². The van der Waals surface area contributed by atoms with Crippen LogP contribution in [0.4, 0.5) is 0 Å². The number of fused-ring (bicyclic) bond motifs is 6. The van der Waals surface area contributed by atoms with E-state index >= 15 is 0 Å². The summed E-state index contributed by atoms with van der Waals surface area (Å²) in [6.07, 6.45) is 0. The monoisotopic (exact) mass is 610 g/mol. The van der Waals surface area contributed by atoms with Crippen molar-refractivity contribution in [3.63, 3.8) is 0 Å². The third-order valence-corrected chi connectivity index (χ3v) is 9.41. The summed E-state index contributed by atoms with van der Waals surface area (Å²) < 4.78 is 4.62. The lowest BCUT2D eigenvalue weighted by Crippen LogP contribution is -1.98. The molecule has 48 heavy (non-hydrogen) atoms. The first-order valence-corrected chi connectivity index (χ1v) is 15.9. The summed E-state index contributed by atoms with van der Waals surface area (Å²) in [5.41, 5.74) is 12.3. The zero-order chi connectivity index (χ0) is 32.2. The van der Waals surface area contributed by atoms with Gasteiger partial charge in [-0.2, -0.15) is 10.5 Å². The molecule has 2 aromatic heterocycles. The van der Waals surface area contributed by atoms with E-state index in [9.17, 15) is 10.5 Å². The Kier molecular flexibility index (Phi) is 6.22. The summed E-state index contributed by atoms with van der Waals surface area (Å²) in [6.45, 7) is 0. The maximum Gasteiger partial charge on any atom is 0.0991 e. The van der Waals surface area contributed by atoms with Crippen LogP contribution in [0.1, 0.15) is 11.1 Å². The van der Waals surface area contributed by atoms with E-state index in [0.717, 1.165) is 66.5 Å². The van der Waals surface area contributed by atoms with E-state index in [-0.39, 0.29) is 0 Å². The Labute approximate surface area is 277 Å². The molecule has 0 bridgehead atoms. The van der Waals surface area contributed by atoms with Gasteiger partial charge in [0.1, 0.15) is 0 Å². The van der Waals surface area contributed by atoms with Crippen molar-refractivity contribution >= 4 is 43.6 Å². The van der Waals surface area contributed by atoms with Gasteiger partial charge in [-0.3, -0.25) is 0 Å². The van der Waals surface area contributed by atoms with Crippen LogP contribution in [-0.2, 0) is 0 Å². The molecular formula is C44H26N4. The second-order valence-electron chi connectivity index (χ2n) is 12.0. The number of nitrogens with zero attached hydrogens (tertiary/aromatic N) is 4. The van der Waals surface area contributed by atoms with Gasteiger partial charge in [-0.05, 0) is 83.4 Å². The van der Waals surface area contributed by atoms with Crippen molar-refractivity contribution < 1.29 is 0 Å². The summed E-state index contributed by atoms with van der Waals surface area (Å²) in [5.74, 6) is 0. The standard InChI is InChI=1S/C44H26N4/c45-27-29-20-23-31(24-21-29)47-41-18-8-5-14-37(41)44-36(15-9-19-43(44)47)33-11-2-1-10-32(33)34-12-3-6-16-39(34)48-40-17-7-4-13-35(40)38-26-30(28-46)22-25-42(38)48/h1-26H. The van der Waals surface area contributed by atoms with Gasteiger partial charge in [0.25, 0.3) is 0 Å². The topological polar surface area (TPSA) is 57.4 Å². The fourth-order valence-electron chi connectivity index (χ4n) is 7.36. The minimum Gasteiger partial charge on any atom is -0.309 e. The van der Waals surface area contributed by atoms with Crippen molar-refractivity contribution in [2.24, 2.45) is 0 Å². The Morgan fingerprint density at radius 3 is 1.67 bits per heavy atom. The average molecular weight is 611 g/mol. The second-order valence-corrected chi connectivity index (χ2v) is 12.0. The minimum atomic E-state index is 0.640. The van der Waals surface area contributed by atoms with E-state index in [1.165, 1.54) is 10.8 Å². The van der Waals surface area contributed by atoms with Crippen LogP contribution in [0.5, 0.6) is 0 Å². The summed E-state index contributed by atoms with van der Waals surface area (Å²) in [6, 6.07) is 59.1. The first kappa shape index (κ1) is 27.4. The predicted octanol–water partition coefficient (Wildman–Crippen LogP) is 11.0. The third-order valence-electron chi connectivity index (χ3n) is 9.41. The van der Waals surface area contributed by atoms with Crippen LogP contribution in [-0.4, -0.2) is 9.13 Å². The van der Waals surface area contributed by atoms with Crippen molar-refractivity contribution in [1.82, 2.24) is 9.13 Å². The first-order valence-electron chi connectivity index (χ1n) is 15.9. The van der Waals surface area contributed by atoms with Gasteiger partial charge in [-0.15, -0.1) is 0 Å². The van der Waals surface area contributed by atoms with Gasteiger partial charge < -0.3 is 9.13 Å². The lowest BCUT2D eigenvalue weighted by molar-refractivity contribution is 1.18. The molecule has 0 atom stereocenters. The molecule has 2 heterocycles. The molecule has 0 fully saturated rings. The lowest BCUT2D eigenvalue weighted by atomic mass is 9.91. The van der Waals surface area contributed by atoms with Crippen molar-refractivity contribution in [2.45, 2.75) is 0 Å². The van der Waals surface area contributed by atoms with Gasteiger partial charge in [-0.1, -0.05) is 91.0 Å². The quantitative estimate of drug-likeness (QED) is 0.199. The highest BCUT2D eigenvalue weighted by molar-refractivity contribution is 6.17. The Bertz CT molecular complexity index is 2800. The molecule has 0 saturated carbocycles. The van der Waals surface area contributed by atoms with Crippen molar-refractivity contribution in [1.29, 1.82) is 10.5 Å². The molecule has 9 rings (SSSR count). The molecule has 0 saturated heterocycles. The Morgan fingerprint density at radius 2 is 0.917 bits per heavy atom. The minimum absolute atomic E-state index is 0.640. The van der Waals surface area contributed by atoms with E-state index in [2.05, 4.69) is 143 Å². The lowest BCUT2D eigenvalue weighted by Gasteiger charge is -2.17. The smallest absolute Gasteiger partial charge is 0.0991 e. The van der Waals surface area contributed by atoms with Crippen LogP contribution in [0.2, 0.25) is 0 Å². The summed E-state index contributed by atoms with van der Waals surface area (Å²) >= 11 is 0. The maximum atomic E-state index is 9.68. The molecule has 4 heteroatoms. The van der Waals surface area contributed by atoms with E-state index in [1.54, 1.807) is 0 Å². The fraction of sp³-hybridized carbons (Fsp3) is 0. The number of hydrogen-bond acceptors (Lipinski definition) is 2. The SMILES string of the molecule is N#Cc1ccc(-n2c3ccccc3c3c(-c4ccccc4-c4ccccc4-n4c5ccccc5c5cc(C#N)ccc54)cccc32)cc1. The fourth-order valence-corrected chi connectivity index (χ4v) is 7.36. The van der Waals surface area contributed by atoms with Crippen LogP contribution >= 0.6 is 0 Å². The summed E-state index contributed by atoms with van der Waals surface area (Å²) in [4.78, 5) is 0. The molecule has 0 aliphatic heterocycles. The van der Waals surface area contributed by atoms with E-state index in [4.69, 9.17) is 0 Å². The number of hydrogen-bond donors (Lipinski definition) is 0. The Morgan fingerprint density at radius 1 is 0.375 bits per heavy atom. The van der Waals surface area contributed by atoms with Crippen LogP contribution in [0.15, 0.2) is 158 Å².